The topological polar surface area (TPSA) is 126 Å². The number of hydrogen-bond donors (Lipinski definition) is 1. The fraction of sp³-hybridized carbons (Fsp3) is 0.344. The Bertz CT molecular complexity index is 1830. The molecule has 4 heterocycles. The highest BCUT2D eigenvalue weighted by Crippen LogP contribution is 2.37. The average molecular weight is 617 g/mol. The first kappa shape index (κ1) is 30.1. The van der Waals surface area contributed by atoms with E-state index in [4.69, 9.17) is 15.6 Å². The van der Waals surface area contributed by atoms with Crippen molar-refractivity contribution in [3.8, 4) is 28.8 Å². The first-order valence-electron chi connectivity index (χ1n) is 14.7. The third-order valence-electron chi connectivity index (χ3n) is 8.40. The van der Waals surface area contributed by atoms with Crippen molar-refractivity contribution in [1.82, 2.24) is 29.5 Å². The van der Waals surface area contributed by atoms with E-state index in [1.807, 2.05) is 6.08 Å². The number of aromatic nitrogens is 4. The van der Waals surface area contributed by atoms with Crippen molar-refractivity contribution in [3.05, 3.63) is 71.8 Å². The Morgan fingerprint density at radius 2 is 1.89 bits per heavy atom. The minimum atomic E-state index is -1.18. The van der Waals surface area contributed by atoms with Crippen molar-refractivity contribution in [2.45, 2.75) is 31.7 Å². The van der Waals surface area contributed by atoms with Gasteiger partial charge in [0, 0.05) is 24.7 Å². The molecule has 2 aliphatic rings. The number of hydrogen-bond acceptors (Lipinski definition) is 8. The Kier molecular flexibility index (Phi) is 8.40. The molecule has 13 heteroatoms. The normalized spacial score (nSPS) is 18.2. The van der Waals surface area contributed by atoms with E-state index < -0.39 is 17.5 Å². The fourth-order valence-corrected chi connectivity index (χ4v) is 5.98. The molecule has 4 aromatic rings. The highest BCUT2D eigenvalue weighted by molar-refractivity contribution is 5.99. The van der Waals surface area contributed by atoms with Gasteiger partial charge < -0.3 is 20.3 Å². The van der Waals surface area contributed by atoms with Crippen LogP contribution in [0.5, 0.6) is 11.5 Å². The molecule has 0 saturated carbocycles. The van der Waals surface area contributed by atoms with Gasteiger partial charge in [-0.05, 0) is 76.0 Å². The predicted octanol–water partition coefficient (Wildman–Crippen LogP) is 5.24. The van der Waals surface area contributed by atoms with E-state index in [0.29, 0.717) is 30.4 Å². The predicted molar refractivity (Wildman–Crippen MR) is 160 cm³/mol. The number of carbonyl (C=O) groups is 1. The molecule has 2 aromatic carbocycles. The molecule has 0 aliphatic carbocycles. The number of anilines is 1. The molecule has 232 valence electrons. The second kappa shape index (κ2) is 12.6. The van der Waals surface area contributed by atoms with E-state index in [1.165, 1.54) is 30.6 Å². The quantitative estimate of drug-likeness (QED) is 0.230. The van der Waals surface area contributed by atoms with Crippen LogP contribution >= 0.6 is 0 Å². The van der Waals surface area contributed by atoms with Crippen molar-refractivity contribution < 1.29 is 22.7 Å². The van der Waals surface area contributed by atoms with Crippen LogP contribution in [-0.2, 0) is 4.79 Å². The molecule has 2 N–H and O–H groups in total. The smallest absolute Gasteiger partial charge is 0.264 e. The monoisotopic (exact) mass is 616 g/mol. The van der Waals surface area contributed by atoms with E-state index >= 15 is 4.39 Å². The average Bonchev–Trinajstić information content (AvgIpc) is 3.43. The summed E-state index contributed by atoms with van der Waals surface area (Å²) in [6.07, 6.45) is 6.23. The van der Waals surface area contributed by atoms with Crippen LogP contribution in [0.3, 0.4) is 0 Å². The van der Waals surface area contributed by atoms with Crippen LogP contribution in [-0.4, -0.2) is 68.7 Å². The van der Waals surface area contributed by atoms with Gasteiger partial charge in [-0.15, -0.1) is 0 Å². The summed E-state index contributed by atoms with van der Waals surface area (Å²) >= 11 is 0. The van der Waals surface area contributed by atoms with Crippen LogP contribution in [0.15, 0.2) is 54.4 Å². The van der Waals surface area contributed by atoms with Gasteiger partial charge in [0.2, 0.25) is 5.82 Å². The zero-order valence-electron chi connectivity index (χ0n) is 24.6. The van der Waals surface area contributed by atoms with Gasteiger partial charge in [-0.25, -0.2) is 23.4 Å². The number of nitriles is 1. The summed E-state index contributed by atoms with van der Waals surface area (Å²) in [5.41, 5.74) is 7.02. The number of nitrogen functional groups attached to an aromatic ring is 1. The molecule has 0 spiro atoms. The van der Waals surface area contributed by atoms with Gasteiger partial charge in [0.05, 0.1) is 11.4 Å². The minimum absolute atomic E-state index is 0.0447. The first-order valence-corrected chi connectivity index (χ1v) is 14.7. The van der Waals surface area contributed by atoms with Crippen molar-refractivity contribution in [2.75, 3.05) is 39.0 Å². The van der Waals surface area contributed by atoms with Gasteiger partial charge in [0.15, 0.2) is 17.2 Å². The van der Waals surface area contributed by atoms with Crippen LogP contribution in [0.1, 0.15) is 31.7 Å². The second-order valence-corrected chi connectivity index (χ2v) is 11.4. The van der Waals surface area contributed by atoms with Crippen molar-refractivity contribution >= 4 is 22.8 Å². The fourth-order valence-electron chi connectivity index (χ4n) is 5.98. The molecule has 0 radical (unpaired) electrons. The maximum atomic E-state index is 15.6. The zero-order chi connectivity index (χ0) is 31.7. The van der Waals surface area contributed by atoms with Crippen LogP contribution in [0.4, 0.5) is 19.0 Å². The van der Waals surface area contributed by atoms with Crippen molar-refractivity contribution in [2.24, 2.45) is 5.92 Å². The van der Waals surface area contributed by atoms with Crippen molar-refractivity contribution in [3.63, 3.8) is 0 Å². The Hall–Kier alpha value is -4.96. The maximum absolute atomic E-state index is 15.6. The number of carbonyl (C=O) groups excluding carboxylic acids is 1. The minimum Gasteiger partial charge on any atom is -0.454 e. The summed E-state index contributed by atoms with van der Waals surface area (Å²) in [7, 11) is 2.06. The number of benzene rings is 2. The van der Waals surface area contributed by atoms with Crippen LogP contribution in [0.2, 0.25) is 0 Å². The molecular formula is C32H31F3N8O2. The number of halogens is 3. The molecular weight excluding hydrogens is 585 g/mol. The molecule has 1 amide bonds. The maximum Gasteiger partial charge on any atom is 0.264 e. The van der Waals surface area contributed by atoms with Gasteiger partial charge >= 0.3 is 0 Å². The van der Waals surface area contributed by atoms with Gasteiger partial charge in [-0.2, -0.15) is 14.8 Å². The molecule has 45 heavy (non-hydrogen) atoms. The Labute approximate surface area is 257 Å². The molecule has 0 unspecified atom stereocenters. The number of nitrogens with two attached hydrogens (primary N) is 1. The number of fused-ring (bicyclic) bond motifs is 1. The third-order valence-corrected chi connectivity index (χ3v) is 8.40. The van der Waals surface area contributed by atoms with Gasteiger partial charge in [0.1, 0.15) is 41.0 Å². The SMILES string of the molecule is CN1CCC(C=C(C#N)C(=O)N2CCC[C@H](n3nc(-c4ccc(Oc5cccc(F)c5F)cc4F)c4c(N)ncnc43)C2)CC1. The van der Waals surface area contributed by atoms with Crippen LogP contribution in [0, 0.1) is 34.7 Å². The Morgan fingerprint density at radius 1 is 1.09 bits per heavy atom. The van der Waals surface area contributed by atoms with E-state index in [2.05, 4.69) is 28.0 Å². The molecule has 2 aromatic heterocycles. The lowest BCUT2D eigenvalue weighted by Crippen LogP contribution is -2.41. The summed E-state index contributed by atoms with van der Waals surface area (Å²) in [5.74, 6) is -3.48. The molecule has 2 fully saturated rings. The Morgan fingerprint density at radius 3 is 2.64 bits per heavy atom. The zero-order valence-corrected chi connectivity index (χ0v) is 24.6. The number of allylic oxidation sites excluding steroid dienone is 1. The highest BCUT2D eigenvalue weighted by atomic mass is 19.2. The summed E-state index contributed by atoms with van der Waals surface area (Å²) in [4.78, 5) is 25.9. The third kappa shape index (κ3) is 6.06. The summed E-state index contributed by atoms with van der Waals surface area (Å²) in [5, 5.41) is 14.9. The first-order chi connectivity index (χ1) is 21.7. The van der Waals surface area contributed by atoms with Gasteiger partial charge in [0.25, 0.3) is 5.91 Å². The van der Waals surface area contributed by atoms with Crippen LogP contribution < -0.4 is 10.5 Å². The van der Waals surface area contributed by atoms with E-state index in [9.17, 15) is 18.8 Å². The number of rotatable bonds is 6. The number of likely N-dealkylation sites (tertiary alicyclic amines) is 2. The Balaban J connectivity index is 1.28. The van der Waals surface area contributed by atoms with E-state index in [0.717, 1.165) is 38.1 Å². The lowest BCUT2D eigenvalue weighted by Gasteiger charge is -2.33. The lowest BCUT2D eigenvalue weighted by molar-refractivity contribution is -0.128. The van der Waals surface area contributed by atoms with Gasteiger partial charge in [-0.1, -0.05) is 12.1 Å². The standard InChI is InChI=1S/C32H31F3N8O2/c1-41-12-9-19(10-13-41)14-20(16-36)32(44)42-11-3-4-21(17-42)43-31-27(30(37)38-18-39-31)29(40-43)23-8-7-22(15-25(23)34)45-26-6-2-5-24(33)28(26)35/h2,5-8,14-15,18-19,21H,3-4,9-13,17H2,1H3,(H2,37,38,39)/t21-/m0/s1. The molecule has 6 rings (SSSR count). The van der Waals surface area contributed by atoms with Crippen LogP contribution in [0.25, 0.3) is 22.3 Å². The molecule has 2 aliphatic heterocycles. The number of ether oxygens (including phenoxy) is 1. The summed E-state index contributed by atoms with van der Waals surface area (Å²) in [6, 6.07) is 9.13. The molecule has 10 nitrogen and oxygen atoms in total. The highest BCUT2D eigenvalue weighted by Gasteiger charge is 2.31. The van der Waals surface area contributed by atoms with Crippen molar-refractivity contribution in [1.29, 1.82) is 5.26 Å². The summed E-state index contributed by atoms with van der Waals surface area (Å²) in [6.45, 7) is 2.61. The number of nitrogens with zero attached hydrogens (tertiary/aromatic N) is 7. The summed E-state index contributed by atoms with van der Waals surface area (Å²) < 4.78 is 50.3. The second-order valence-electron chi connectivity index (χ2n) is 11.4. The lowest BCUT2D eigenvalue weighted by atomic mass is 9.94. The molecule has 2 saturated heterocycles. The molecule has 0 bridgehead atoms. The molecule has 1 atom stereocenters. The van der Waals surface area contributed by atoms with E-state index in [-0.39, 0.29) is 58.6 Å². The van der Waals surface area contributed by atoms with E-state index in [1.54, 1.807) is 9.58 Å². The number of piperidine rings is 2. The number of amides is 1. The van der Waals surface area contributed by atoms with Gasteiger partial charge in [-0.3, -0.25) is 4.79 Å². The largest absolute Gasteiger partial charge is 0.454 e.